The molecule has 0 aliphatic carbocycles. The van der Waals surface area contributed by atoms with E-state index < -0.39 is 5.97 Å². The van der Waals surface area contributed by atoms with Crippen molar-refractivity contribution in [1.82, 2.24) is 5.32 Å². The van der Waals surface area contributed by atoms with Crippen LogP contribution in [0.15, 0.2) is 0 Å². The first-order valence-corrected chi connectivity index (χ1v) is 5.46. The molecule has 0 heterocycles. The topological polar surface area (TPSA) is 102 Å². The molecular formula is C11H28N2O4. The lowest BCUT2D eigenvalue weighted by molar-refractivity contribution is -0.135. The van der Waals surface area contributed by atoms with Crippen molar-refractivity contribution in [3.63, 3.8) is 0 Å². The molecule has 0 radical (unpaired) electrons. The lowest BCUT2D eigenvalue weighted by atomic mass is 10.6. The van der Waals surface area contributed by atoms with Crippen molar-refractivity contribution < 1.29 is 19.4 Å². The first-order chi connectivity index (χ1) is 7.87. The van der Waals surface area contributed by atoms with Crippen molar-refractivity contribution in [2.45, 2.75) is 34.1 Å². The summed E-state index contributed by atoms with van der Waals surface area (Å²) in [6.07, 6.45) is 1.25. The van der Waals surface area contributed by atoms with Crippen LogP contribution in [-0.4, -0.2) is 44.3 Å². The van der Waals surface area contributed by atoms with Crippen LogP contribution in [0.25, 0.3) is 0 Å². The molecular weight excluding hydrogens is 224 g/mol. The molecule has 0 fully saturated rings. The smallest absolute Gasteiger partial charge is 0.317 e. The Labute approximate surface area is 105 Å². The average molecular weight is 252 g/mol. The van der Waals surface area contributed by atoms with Crippen LogP contribution in [0.4, 0.5) is 0 Å². The summed E-state index contributed by atoms with van der Waals surface area (Å²) in [5.41, 5.74) is 4.57. The largest absolute Gasteiger partial charge is 0.480 e. The summed E-state index contributed by atoms with van der Waals surface area (Å²) in [6, 6.07) is 0. The average Bonchev–Trinajstić information content (AvgIpc) is 2.31. The van der Waals surface area contributed by atoms with Gasteiger partial charge in [0.15, 0.2) is 0 Å². The highest BCUT2D eigenvalue weighted by Gasteiger charge is 1.81. The fourth-order valence-corrected chi connectivity index (χ4v) is 0. The van der Waals surface area contributed by atoms with Gasteiger partial charge in [0, 0.05) is 27.7 Å². The molecule has 0 atom stereocenters. The standard InChI is InChI=1S/C3H7NO.C3H8O.C3H8.C2H5NO2/c1-3(5)4-2;1-3-4-2;1-3-2;3-1-2(4)5/h1-2H3,(H,4,5);3H2,1-2H3;3H2,1-2H3;1,3H2,(H,4,5). The van der Waals surface area contributed by atoms with Gasteiger partial charge in [-0.1, -0.05) is 20.3 Å². The summed E-state index contributed by atoms with van der Waals surface area (Å²) in [6.45, 7) is 8.22. The van der Waals surface area contributed by atoms with Gasteiger partial charge in [-0.2, -0.15) is 0 Å². The van der Waals surface area contributed by atoms with Gasteiger partial charge in [-0.05, 0) is 6.92 Å². The highest BCUT2D eigenvalue weighted by molar-refractivity contribution is 5.72. The van der Waals surface area contributed by atoms with E-state index in [1.807, 2.05) is 6.92 Å². The molecule has 0 saturated carbocycles. The van der Waals surface area contributed by atoms with E-state index in [1.165, 1.54) is 13.3 Å². The summed E-state index contributed by atoms with van der Waals surface area (Å²) in [4.78, 5) is 18.9. The van der Waals surface area contributed by atoms with E-state index in [9.17, 15) is 9.59 Å². The first-order valence-electron chi connectivity index (χ1n) is 5.46. The van der Waals surface area contributed by atoms with Crippen LogP contribution in [-0.2, 0) is 14.3 Å². The third-order valence-electron chi connectivity index (χ3n) is 0.815. The fraction of sp³-hybridized carbons (Fsp3) is 0.818. The maximum Gasteiger partial charge on any atom is 0.317 e. The molecule has 0 aromatic carbocycles. The molecule has 0 saturated heterocycles. The van der Waals surface area contributed by atoms with Gasteiger partial charge in [0.05, 0.1) is 6.54 Å². The number of aliphatic carboxylic acids is 1. The maximum absolute atomic E-state index is 9.70. The predicted molar refractivity (Wildman–Crippen MR) is 69.9 cm³/mol. The number of carbonyl (C=O) groups is 2. The lowest BCUT2D eigenvalue weighted by Crippen LogP contribution is -2.11. The summed E-state index contributed by atoms with van der Waals surface area (Å²) < 4.78 is 4.54. The van der Waals surface area contributed by atoms with Crippen LogP contribution in [0.1, 0.15) is 34.1 Å². The Bertz CT molecular complexity index is 136. The zero-order chi connectivity index (χ0) is 14.7. The highest BCUT2D eigenvalue weighted by atomic mass is 16.5. The normalized spacial score (nSPS) is 7.00. The van der Waals surface area contributed by atoms with Gasteiger partial charge in [-0.15, -0.1) is 0 Å². The van der Waals surface area contributed by atoms with Crippen LogP contribution in [0.2, 0.25) is 0 Å². The Hall–Kier alpha value is -1.14. The minimum atomic E-state index is -0.968. The molecule has 0 bridgehead atoms. The van der Waals surface area contributed by atoms with E-state index in [2.05, 4.69) is 29.6 Å². The monoisotopic (exact) mass is 252 g/mol. The van der Waals surface area contributed by atoms with Crippen molar-refractivity contribution in [3.05, 3.63) is 0 Å². The number of hydrogen-bond acceptors (Lipinski definition) is 4. The second kappa shape index (κ2) is 29.4. The maximum atomic E-state index is 9.70. The molecule has 17 heavy (non-hydrogen) atoms. The van der Waals surface area contributed by atoms with Crippen LogP contribution in [0.3, 0.4) is 0 Å². The van der Waals surface area contributed by atoms with E-state index in [-0.39, 0.29) is 12.5 Å². The number of nitrogens with one attached hydrogen (secondary N) is 1. The summed E-state index contributed by atoms with van der Waals surface area (Å²) in [7, 11) is 3.28. The number of carbonyl (C=O) groups excluding carboxylic acids is 1. The molecule has 0 aromatic rings. The third kappa shape index (κ3) is 165. The van der Waals surface area contributed by atoms with Crippen LogP contribution >= 0.6 is 0 Å². The van der Waals surface area contributed by atoms with Crippen molar-refractivity contribution in [1.29, 1.82) is 0 Å². The zero-order valence-corrected chi connectivity index (χ0v) is 11.9. The minimum Gasteiger partial charge on any atom is -0.480 e. The molecule has 4 N–H and O–H groups in total. The first kappa shape index (κ1) is 24.9. The fourth-order valence-electron chi connectivity index (χ4n) is 0. The summed E-state index contributed by atoms with van der Waals surface area (Å²) in [5, 5.41) is 9.99. The number of hydrogen-bond donors (Lipinski definition) is 3. The summed E-state index contributed by atoms with van der Waals surface area (Å²) >= 11 is 0. The molecule has 1 amide bonds. The van der Waals surface area contributed by atoms with Gasteiger partial charge in [-0.3, -0.25) is 9.59 Å². The van der Waals surface area contributed by atoms with Gasteiger partial charge in [0.2, 0.25) is 5.91 Å². The molecule has 0 aromatic heterocycles. The van der Waals surface area contributed by atoms with E-state index in [1.54, 1.807) is 14.2 Å². The Kier molecular flexibility index (Phi) is 43.0. The third-order valence-corrected chi connectivity index (χ3v) is 0.815. The Balaban J connectivity index is -0.0000000676. The Morgan fingerprint density at radius 1 is 1.29 bits per heavy atom. The van der Waals surface area contributed by atoms with E-state index in [0.29, 0.717) is 0 Å². The number of nitrogens with two attached hydrogens (primary N) is 1. The van der Waals surface area contributed by atoms with Gasteiger partial charge in [0.25, 0.3) is 0 Å². The Morgan fingerprint density at radius 2 is 1.47 bits per heavy atom. The molecule has 6 heteroatoms. The quantitative estimate of drug-likeness (QED) is 0.676. The van der Waals surface area contributed by atoms with E-state index >= 15 is 0 Å². The van der Waals surface area contributed by atoms with Crippen molar-refractivity contribution in [3.8, 4) is 0 Å². The van der Waals surface area contributed by atoms with Gasteiger partial charge >= 0.3 is 5.97 Å². The van der Waals surface area contributed by atoms with Crippen LogP contribution < -0.4 is 11.1 Å². The van der Waals surface area contributed by atoms with E-state index in [0.717, 1.165) is 6.61 Å². The predicted octanol–water partition coefficient (Wildman–Crippen LogP) is 0.851. The molecule has 0 aliphatic heterocycles. The van der Waals surface area contributed by atoms with Gasteiger partial charge in [-0.25, -0.2) is 0 Å². The van der Waals surface area contributed by atoms with Crippen molar-refractivity contribution in [2.24, 2.45) is 5.73 Å². The second-order valence-corrected chi connectivity index (χ2v) is 2.69. The number of carboxylic acid groups (broad SMARTS) is 1. The second-order valence-electron chi connectivity index (χ2n) is 2.69. The van der Waals surface area contributed by atoms with Crippen LogP contribution in [0, 0.1) is 0 Å². The lowest BCUT2D eigenvalue weighted by Gasteiger charge is -1.80. The highest BCUT2D eigenvalue weighted by Crippen LogP contribution is 1.56. The number of amides is 1. The van der Waals surface area contributed by atoms with Crippen LogP contribution in [0.5, 0.6) is 0 Å². The summed E-state index contributed by atoms with van der Waals surface area (Å²) in [5.74, 6) is -0.963. The minimum absolute atomic E-state index is 0.00463. The number of rotatable bonds is 2. The van der Waals surface area contributed by atoms with Gasteiger partial charge in [0.1, 0.15) is 0 Å². The van der Waals surface area contributed by atoms with Crippen molar-refractivity contribution in [2.75, 3.05) is 27.3 Å². The van der Waals surface area contributed by atoms with E-state index in [4.69, 9.17) is 5.11 Å². The zero-order valence-electron chi connectivity index (χ0n) is 11.9. The molecule has 0 rings (SSSR count). The Morgan fingerprint density at radius 3 is 1.47 bits per heavy atom. The van der Waals surface area contributed by atoms with Gasteiger partial charge < -0.3 is 20.9 Å². The molecule has 6 nitrogen and oxygen atoms in total. The number of carboxylic acids is 1. The number of methoxy groups -OCH3 is 1. The SMILES string of the molecule is CCC.CCOC.CNC(C)=O.NCC(=O)O. The van der Waals surface area contributed by atoms with Crippen molar-refractivity contribution >= 4 is 11.9 Å². The number of ether oxygens (including phenoxy) is 1. The molecule has 0 spiro atoms. The molecule has 0 unspecified atom stereocenters. The molecule has 106 valence electrons. The molecule has 0 aliphatic rings.